The van der Waals surface area contributed by atoms with Gasteiger partial charge >= 0.3 is 0 Å². The van der Waals surface area contributed by atoms with Crippen LogP contribution in [0.1, 0.15) is 27.9 Å². The molecule has 1 saturated heterocycles. The van der Waals surface area contributed by atoms with Gasteiger partial charge in [-0.05, 0) is 35.7 Å². The average Bonchev–Trinajstić information content (AvgIpc) is 3.33. The van der Waals surface area contributed by atoms with E-state index in [0.29, 0.717) is 29.4 Å². The number of nitrogens with zero attached hydrogens (tertiary/aromatic N) is 3. The molecule has 1 fully saturated rings. The Labute approximate surface area is 176 Å². The molecule has 5 nitrogen and oxygen atoms in total. The van der Waals surface area contributed by atoms with Crippen molar-refractivity contribution in [1.29, 1.82) is 0 Å². The Morgan fingerprint density at radius 2 is 1.83 bits per heavy atom. The SMILES string of the molecule is COc1cc(N2CCN3CCC=C3C2)cc2c1C(=O)N(Cc1ccc(Cl)cc1)C2. The zero-order chi connectivity index (χ0) is 20.0. The van der Waals surface area contributed by atoms with Crippen LogP contribution in [0.5, 0.6) is 5.75 Å². The molecule has 0 aromatic heterocycles. The Bertz CT molecular complexity index is 986. The van der Waals surface area contributed by atoms with Crippen LogP contribution in [-0.4, -0.2) is 49.0 Å². The number of carbonyl (C=O) groups is 1. The number of anilines is 1. The predicted molar refractivity (Wildman–Crippen MR) is 115 cm³/mol. The molecule has 3 aliphatic heterocycles. The Hall–Kier alpha value is -2.66. The van der Waals surface area contributed by atoms with Gasteiger partial charge in [0.05, 0.1) is 19.2 Å². The van der Waals surface area contributed by atoms with Crippen molar-refractivity contribution in [2.45, 2.75) is 19.5 Å². The maximum atomic E-state index is 13.1. The fraction of sp³-hybridized carbons (Fsp3) is 0.348. The second-order valence-corrected chi connectivity index (χ2v) is 8.30. The first-order chi connectivity index (χ1) is 14.1. The third-order valence-electron chi connectivity index (χ3n) is 6.08. The molecule has 0 N–H and O–H groups in total. The van der Waals surface area contributed by atoms with E-state index in [1.165, 1.54) is 5.70 Å². The highest BCUT2D eigenvalue weighted by molar-refractivity contribution is 6.30. The van der Waals surface area contributed by atoms with Crippen molar-refractivity contribution in [1.82, 2.24) is 9.80 Å². The summed E-state index contributed by atoms with van der Waals surface area (Å²) in [5.74, 6) is 0.700. The van der Waals surface area contributed by atoms with Crippen molar-refractivity contribution in [2.75, 3.05) is 38.2 Å². The van der Waals surface area contributed by atoms with Crippen LogP contribution >= 0.6 is 11.6 Å². The molecule has 5 rings (SSSR count). The molecule has 2 aromatic rings. The number of amides is 1. The number of piperazine rings is 1. The van der Waals surface area contributed by atoms with E-state index in [-0.39, 0.29) is 5.91 Å². The number of hydrogen-bond acceptors (Lipinski definition) is 4. The molecule has 0 radical (unpaired) electrons. The fourth-order valence-electron chi connectivity index (χ4n) is 4.56. The number of ether oxygens (including phenoxy) is 1. The maximum Gasteiger partial charge on any atom is 0.258 e. The van der Waals surface area contributed by atoms with Crippen molar-refractivity contribution in [3.8, 4) is 5.75 Å². The average molecular weight is 410 g/mol. The molecule has 3 heterocycles. The van der Waals surface area contributed by atoms with E-state index in [9.17, 15) is 4.79 Å². The number of methoxy groups -OCH3 is 1. The maximum absolute atomic E-state index is 13.1. The molecular formula is C23H24ClN3O2. The Morgan fingerprint density at radius 1 is 1.03 bits per heavy atom. The largest absolute Gasteiger partial charge is 0.496 e. The Kier molecular flexibility index (Phi) is 4.63. The highest BCUT2D eigenvalue weighted by atomic mass is 35.5. The Morgan fingerprint density at radius 3 is 2.62 bits per heavy atom. The van der Waals surface area contributed by atoms with Crippen molar-refractivity contribution >= 4 is 23.2 Å². The molecule has 0 atom stereocenters. The normalized spacial score (nSPS) is 18.1. The summed E-state index contributed by atoms with van der Waals surface area (Å²) in [5.41, 5.74) is 5.36. The molecular weight excluding hydrogens is 386 g/mol. The summed E-state index contributed by atoms with van der Waals surface area (Å²) in [6, 6.07) is 11.9. The van der Waals surface area contributed by atoms with E-state index in [4.69, 9.17) is 16.3 Å². The number of halogens is 1. The lowest BCUT2D eigenvalue weighted by Crippen LogP contribution is -2.43. The molecule has 0 spiro atoms. The number of rotatable bonds is 4. The third kappa shape index (κ3) is 3.33. The van der Waals surface area contributed by atoms with Gasteiger partial charge in [0.1, 0.15) is 5.75 Å². The number of hydrogen-bond donors (Lipinski definition) is 0. The summed E-state index contributed by atoms with van der Waals surface area (Å²) in [6.45, 7) is 5.27. The standard InChI is InChI=1S/C23H24ClN3O2/c1-29-21-12-20(26-10-9-25-8-2-3-19(25)15-26)11-17-14-27(23(28)22(17)21)13-16-4-6-18(24)7-5-16/h3-7,11-12H,2,8-10,13-15H2,1H3. The first-order valence-electron chi connectivity index (χ1n) is 10.1. The minimum Gasteiger partial charge on any atom is -0.496 e. The van der Waals surface area contributed by atoms with E-state index in [1.54, 1.807) is 7.11 Å². The van der Waals surface area contributed by atoms with E-state index in [2.05, 4.69) is 21.9 Å². The molecule has 1 amide bonds. The van der Waals surface area contributed by atoms with Gasteiger partial charge in [0.2, 0.25) is 0 Å². The van der Waals surface area contributed by atoms with E-state index < -0.39 is 0 Å². The topological polar surface area (TPSA) is 36.0 Å². The summed E-state index contributed by atoms with van der Waals surface area (Å²) in [7, 11) is 1.64. The highest BCUT2D eigenvalue weighted by Crippen LogP contribution is 2.37. The van der Waals surface area contributed by atoms with Crippen molar-refractivity contribution in [2.24, 2.45) is 0 Å². The molecule has 2 aromatic carbocycles. The van der Waals surface area contributed by atoms with Crippen LogP contribution in [0, 0.1) is 0 Å². The van der Waals surface area contributed by atoms with Gasteiger partial charge in [0.25, 0.3) is 5.91 Å². The molecule has 0 saturated carbocycles. The quantitative estimate of drug-likeness (QED) is 0.767. The van der Waals surface area contributed by atoms with Crippen LogP contribution in [-0.2, 0) is 13.1 Å². The first-order valence-corrected chi connectivity index (χ1v) is 10.4. The molecule has 0 bridgehead atoms. The van der Waals surface area contributed by atoms with Crippen LogP contribution in [0.3, 0.4) is 0 Å². The molecule has 3 aliphatic rings. The lowest BCUT2D eigenvalue weighted by molar-refractivity contribution is 0.0764. The summed E-state index contributed by atoms with van der Waals surface area (Å²) >= 11 is 5.99. The molecule has 0 aliphatic carbocycles. The smallest absolute Gasteiger partial charge is 0.258 e. The number of carbonyl (C=O) groups excluding carboxylic acids is 1. The monoisotopic (exact) mass is 409 g/mol. The summed E-state index contributed by atoms with van der Waals surface area (Å²) < 4.78 is 5.64. The zero-order valence-corrected chi connectivity index (χ0v) is 17.3. The van der Waals surface area contributed by atoms with E-state index in [0.717, 1.165) is 49.4 Å². The summed E-state index contributed by atoms with van der Waals surface area (Å²) in [6.07, 6.45) is 3.49. The van der Waals surface area contributed by atoms with Crippen molar-refractivity contribution in [3.05, 3.63) is 69.9 Å². The molecule has 150 valence electrons. The lowest BCUT2D eigenvalue weighted by Gasteiger charge is -2.37. The molecule has 29 heavy (non-hydrogen) atoms. The van der Waals surface area contributed by atoms with Gasteiger partial charge in [0.15, 0.2) is 0 Å². The number of benzene rings is 2. The van der Waals surface area contributed by atoms with E-state index >= 15 is 0 Å². The van der Waals surface area contributed by atoms with Gasteiger partial charge in [-0.3, -0.25) is 4.79 Å². The van der Waals surface area contributed by atoms with Crippen molar-refractivity contribution in [3.63, 3.8) is 0 Å². The van der Waals surface area contributed by atoms with Crippen LogP contribution < -0.4 is 9.64 Å². The van der Waals surface area contributed by atoms with Crippen LogP contribution in [0.2, 0.25) is 5.02 Å². The van der Waals surface area contributed by atoms with Gasteiger partial charge < -0.3 is 19.4 Å². The molecule has 6 heteroatoms. The number of fused-ring (bicyclic) bond motifs is 2. The van der Waals surface area contributed by atoms with Crippen LogP contribution in [0.15, 0.2) is 48.2 Å². The van der Waals surface area contributed by atoms with E-state index in [1.807, 2.05) is 35.2 Å². The zero-order valence-electron chi connectivity index (χ0n) is 16.5. The van der Waals surface area contributed by atoms with Gasteiger partial charge in [-0.2, -0.15) is 0 Å². The second kappa shape index (κ2) is 7.30. The highest BCUT2D eigenvalue weighted by Gasteiger charge is 2.33. The fourth-order valence-corrected chi connectivity index (χ4v) is 4.68. The van der Waals surface area contributed by atoms with Crippen LogP contribution in [0.25, 0.3) is 0 Å². The van der Waals surface area contributed by atoms with Crippen LogP contribution in [0.4, 0.5) is 5.69 Å². The Balaban J connectivity index is 1.41. The third-order valence-corrected chi connectivity index (χ3v) is 6.33. The van der Waals surface area contributed by atoms with Gasteiger partial charge in [-0.15, -0.1) is 0 Å². The second-order valence-electron chi connectivity index (χ2n) is 7.86. The summed E-state index contributed by atoms with van der Waals surface area (Å²) in [4.78, 5) is 19.8. The minimum atomic E-state index is 0.0293. The summed E-state index contributed by atoms with van der Waals surface area (Å²) in [5, 5.41) is 0.702. The molecule has 0 unspecified atom stereocenters. The van der Waals surface area contributed by atoms with Crippen molar-refractivity contribution < 1.29 is 9.53 Å². The van der Waals surface area contributed by atoms with Gasteiger partial charge in [-0.25, -0.2) is 0 Å². The lowest BCUT2D eigenvalue weighted by atomic mass is 10.1. The predicted octanol–water partition coefficient (Wildman–Crippen LogP) is 3.91. The minimum absolute atomic E-state index is 0.0293. The van der Waals surface area contributed by atoms with Gasteiger partial charge in [0, 0.05) is 55.2 Å². The first kappa shape index (κ1) is 18.4. The van der Waals surface area contributed by atoms with Gasteiger partial charge in [-0.1, -0.05) is 29.8 Å².